The molecule has 0 aliphatic carbocycles. The normalized spacial score (nSPS) is 10.8. The molecule has 2 aromatic carbocycles. The summed E-state index contributed by atoms with van der Waals surface area (Å²) in [6.45, 7) is -1.98. The predicted octanol–water partition coefficient (Wildman–Crippen LogP) is 3.86. The molecule has 1 N–H and O–H groups in total. The van der Waals surface area contributed by atoms with E-state index < -0.39 is 24.1 Å². The Morgan fingerprint density at radius 3 is 2.52 bits per heavy atom. The van der Waals surface area contributed by atoms with Crippen LogP contribution in [0.5, 0.6) is 5.75 Å². The number of alkyl halides is 2. The number of nitrogens with zero attached hydrogens (tertiary/aromatic N) is 2. The second-order valence-electron chi connectivity index (χ2n) is 5.98. The van der Waals surface area contributed by atoms with E-state index in [-0.39, 0.29) is 40.1 Å². The highest BCUT2D eigenvalue weighted by molar-refractivity contribution is 6.10. The van der Waals surface area contributed by atoms with E-state index >= 15 is 0 Å². The summed E-state index contributed by atoms with van der Waals surface area (Å²) in [6.07, 6.45) is 5.32. The Morgan fingerprint density at radius 1 is 1.24 bits per heavy atom. The summed E-state index contributed by atoms with van der Waals surface area (Å²) in [6, 6.07) is 7.35. The number of Topliss-reactive ketones (excluding diaryl/α,β-unsaturated/α-hetero) is 1. The lowest BCUT2D eigenvalue weighted by Crippen LogP contribution is -2.13. The van der Waals surface area contributed by atoms with Crippen LogP contribution in [0.25, 0.3) is 10.9 Å². The molecule has 1 aromatic heterocycles. The highest BCUT2D eigenvalue weighted by Crippen LogP contribution is 2.34. The van der Waals surface area contributed by atoms with Crippen LogP contribution in [0.4, 0.5) is 19.0 Å². The van der Waals surface area contributed by atoms with Crippen molar-refractivity contribution in [2.75, 3.05) is 5.32 Å². The Balaban J connectivity index is 2.14. The third kappa shape index (κ3) is 4.21. The minimum Gasteiger partial charge on any atom is -0.432 e. The number of rotatable bonds is 6. The van der Waals surface area contributed by atoms with Gasteiger partial charge in [-0.15, -0.1) is 6.42 Å². The zero-order valence-electron chi connectivity index (χ0n) is 15.1. The molecule has 6 nitrogen and oxygen atoms in total. The molecule has 0 radical (unpaired) electrons. The largest absolute Gasteiger partial charge is 0.432 e. The Bertz CT molecular complexity index is 1130. The zero-order valence-corrected chi connectivity index (χ0v) is 15.1. The summed E-state index contributed by atoms with van der Waals surface area (Å²) in [4.78, 5) is 24.3. The Labute approximate surface area is 163 Å². The van der Waals surface area contributed by atoms with Crippen LogP contribution in [0.1, 0.15) is 27.6 Å². The van der Waals surface area contributed by atoms with Crippen molar-refractivity contribution in [1.82, 2.24) is 9.78 Å². The molecule has 0 saturated heterocycles. The summed E-state index contributed by atoms with van der Waals surface area (Å²) < 4.78 is 44.6. The van der Waals surface area contributed by atoms with Gasteiger partial charge in [-0.25, -0.2) is 9.07 Å². The fourth-order valence-corrected chi connectivity index (χ4v) is 2.74. The van der Waals surface area contributed by atoms with Crippen molar-refractivity contribution in [2.45, 2.75) is 20.1 Å². The molecular weight excluding hydrogens is 387 g/mol. The monoisotopic (exact) mass is 401 g/mol. The first-order valence-electron chi connectivity index (χ1n) is 8.31. The SMILES string of the molecule is C#CCn1nc(NC(=O)c2ccc(F)cc2)c2cc(C(C)=O)cc(OC(F)F)c21. The number of terminal acetylenes is 1. The van der Waals surface area contributed by atoms with Crippen LogP contribution in [0.15, 0.2) is 36.4 Å². The van der Waals surface area contributed by atoms with Crippen molar-refractivity contribution in [3.05, 3.63) is 53.3 Å². The number of aromatic nitrogens is 2. The molecule has 0 atom stereocenters. The minimum absolute atomic E-state index is 0.00760. The molecule has 148 valence electrons. The quantitative estimate of drug-likeness (QED) is 0.503. The summed E-state index contributed by atoms with van der Waals surface area (Å²) in [5, 5.41) is 6.89. The van der Waals surface area contributed by atoms with Crippen molar-refractivity contribution < 1.29 is 27.5 Å². The molecule has 0 fully saturated rings. The van der Waals surface area contributed by atoms with Crippen LogP contribution < -0.4 is 10.1 Å². The van der Waals surface area contributed by atoms with Crippen LogP contribution in [0.3, 0.4) is 0 Å². The first-order valence-corrected chi connectivity index (χ1v) is 8.31. The summed E-state index contributed by atoms with van der Waals surface area (Å²) in [5.74, 6) is 0.513. The summed E-state index contributed by atoms with van der Waals surface area (Å²) in [7, 11) is 0. The molecule has 0 spiro atoms. The topological polar surface area (TPSA) is 73.2 Å². The highest BCUT2D eigenvalue weighted by Gasteiger charge is 2.21. The molecule has 1 amide bonds. The van der Waals surface area contributed by atoms with Gasteiger partial charge in [0.25, 0.3) is 5.91 Å². The Kier molecular flexibility index (Phi) is 5.54. The van der Waals surface area contributed by atoms with Gasteiger partial charge in [-0.05, 0) is 43.3 Å². The fraction of sp³-hybridized carbons (Fsp3) is 0.150. The number of amides is 1. The van der Waals surface area contributed by atoms with Gasteiger partial charge in [0.15, 0.2) is 17.4 Å². The van der Waals surface area contributed by atoms with Gasteiger partial charge in [-0.2, -0.15) is 13.9 Å². The highest BCUT2D eigenvalue weighted by atomic mass is 19.3. The third-order valence-electron chi connectivity index (χ3n) is 4.01. The first-order chi connectivity index (χ1) is 13.8. The number of carbonyl (C=O) groups excluding carboxylic acids is 2. The predicted molar refractivity (Wildman–Crippen MR) is 99.6 cm³/mol. The lowest BCUT2D eigenvalue weighted by molar-refractivity contribution is -0.0490. The van der Waals surface area contributed by atoms with Gasteiger partial charge in [-0.3, -0.25) is 9.59 Å². The van der Waals surface area contributed by atoms with Crippen molar-refractivity contribution >= 4 is 28.4 Å². The lowest BCUT2D eigenvalue weighted by atomic mass is 10.1. The number of benzene rings is 2. The van der Waals surface area contributed by atoms with Crippen LogP contribution in [0, 0.1) is 18.2 Å². The molecule has 0 aliphatic rings. The molecular formula is C20H14F3N3O3. The van der Waals surface area contributed by atoms with E-state index in [1.807, 2.05) is 0 Å². The van der Waals surface area contributed by atoms with E-state index in [1.165, 1.54) is 29.8 Å². The fourth-order valence-electron chi connectivity index (χ4n) is 2.74. The van der Waals surface area contributed by atoms with Crippen molar-refractivity contribution in [3.63, 3.8) is 0 Å². The molecule has 29 heavy (non-hydrogen) atoms. The van der Waals surface area contributed by atoms with Gasteiger partial charge in [0.2, 0.25) is 0 Å². The molecule has 1 heterocycles. The number of halogens is 3. The number of hydrogen-bond acceptors (Lipinski definition) is 4. The van der Waals surface area contributed by atoms with Crippen molar-refractivity contribution in [2.24, 2.45) is 0 Å². The minimum atomic E-state index is -3.15. The maximum absolute atomic E-state index is 13.1. The molecule has 9 heteroatoms. The molecule has 3 rings (SSSR count). The van der Waals surface area contributed by atoms with E-state index in [2.05, 4.69) is 21.1 Å². The van der Waals surface area contributed by atoms with Gasteiger partial charge >= 0.3 is 6.61 Å². The number of hydrogen-bond donors (Lipinski definition) is 1. The van der Waals surface area contributed by atoms with E-state index in [0.29, 0.717) is 0 Å². The lowest BCUT2D eigenvalue weighted by Gasteiger charge is -2.09. The van der Waals surface area contributed by atoms with E-state index in [0.717, 1.165) is 18.2 Å². The van der Waals surface area contributed by atoms with Gasteiger partial charge in [-0.1, -0.05) is 5.92 Å². The van der Waals surface area contributed by atoms with Crippen LogP contribution in [0.2, 0.25) is 0 Å². The average Bonchev–Trinajstić information content (AvgIpc) is 2.99. The average molecular weight is 401 g/mol. The number of ketones is 1. The number of fused-ring (bicyclic) bond motifs is 1. The molecule has 0 aliphatic heterocycles. The molecule has 0 bridgehead atoms. The number of anilines is 1. The van der Waals surface area contributed by atoms with Gasteiger partial charge < -0.3 is 10.1 Å². The zero-order chi connectivity index (χ0) is 21.1. The maximum atomic E-state index is 13.1. The van der Waals surface area contributed by atoms with Gasteiger partial charge in [0, 0.05) is 16.5 Å². The van der Waals surface area contributed by atoms with Crippen molar-refractivity contribution in [1.29, 1.82) is 0 Å². The summed E-state index contributed by atoms with van der Waals surface area (Å²) in [5.41, 5.74) is 0.339. The standard InChI is InChI=1S/C20H14F3N3O3/c1-3-8-26-17-15(9-13(11(2)27)10-16(17)29-20(22)23)18(25-26)24-19(28)12-4-6-14(21)7-5-12/h1,4-7,9-10,20H,8H2,2H3,(H,24,25,28). The van der Waals surface area contributed by atoms with E-state index in [1.54, 1.807) is 0 Å². The third-order valence-corrected chi connectivity index (χ3v) is 4.01. The van der Waals surface area contributed by atoms with Crippen molar-refractivity contribution in [3.8, 4) is 18.1 Å². The first kappa shape index (κ1) is 19.9. The number of carbonyl (C=O) groups is 2. The van der Waals surface area contributed by atoms with Crippen LogP contribution >= 0.6 is 0 Å². The molecule has 0 saturated carbocycles. The second kappa shape index (κ2) is 8.06. The smallest absolute Gasteiger partial charge is 0.387 e. The van der Waals surface area contributed by atoms with E-state index in [9.17, 15) is 22.8 Å². The van der Waals surface area contributed by atoms with Crippen LogP contribution in [-0.4, -0.2) is 28.1 Å². The second-order valence-corrected chi connectivity index (χ2v) is 5.98. The Morgan fingerprint density at radius 2 is 1.93 bits per heavy atom. The van der Waals surface area contributed by atoms with E-state index in [4.69, 9.17) is 6.42 Å². The van der Waals surface area contributed by atoms with Gasteiger partial charge in [0.05, 0.1) is 0 Å². The Hall–Kier alpha value is -3.80. The summed E-state index contributed by atoms with van der Waals surface area (Å²) >= 11 is 0. The van der Waals surface area contributed by atoms with Crippen LogP contribution in [-0.2, 0) is 6.54 Å². The molecule has 0 unspecified atom stereocenters. The van der Waals surface area contributed by atoms with Gasteiger partial charge in [0.1, 0.15) is 17.9 Å². The maximum Gasteiger partial charge on any atom is 0.387 e. The number of ether oxygens (including phenoxy) is 1. The molecule has 3 aromatic rings. The number of nitrogens with one attached hydrogen (secondary N) is 1.